The number of hydrogen-bond acceptors (Lipinski definition) is 5. The lowest BCUT2D eigenvalue weighted by atomic mass is 9.94. The number of pyridine rings is 1. The van der Waals surface area contributed by atoms with Crippen molar-refractivity contribution < 1.29 is 10.0 Å². The molecule has 0 atom stereocenters. The zero-order valence-corrected chi connectivity index (χ0v) is 11.8. The van der Waals surface area contributed by atoms with Gasteiger partial charge >= 0.3 is 0 Å². The van der Waals surface area contributed by atoms with E-state index in [9.17, 15) is 15.2 Å². The Labute approximate surface area is 118 Å². The lowest BCUT2D eigenvalue weighted by Gasteiger charge is -2.27. The van der Waals surface area contributed by atoms with E-state index >= 15 is 0 Å². The van der Waals surface area contributed by atoms with E-state index in [1.165, 1.54) is 19.0 Å². The highest BCUT2D eigenvalue weighted by molar-refractivity contribution is 5.46. The molecule has 2 N–H and O–H groups in total. The van der Waals surface area contributed by atoms with Crippen LogP contribution in [0.1, 0.15) is 44.1 Å². The van der Waals surface area contributed by atoms with E-state index in [1.54, 1.807) is 13.0 Å². The predicted octanol–water partition coefficient (Wildman–Crippen LogP) is 2.80. The number of anilines is 1. The van der Waals surface area contributed by atoms with Gasteiger partial charge in [0.25, 0.3) is 5.69 Å². The van der Waals surface area contributed by atoms with Crippen molar-refractivity contribution in [2.75, 3.05) is 11.9 Å². The second-order valence-electron chi connectivity index (χ2n) is 5.61. The van der Waals surface area contributed by atoms with Gasteiger partial charge in [0.05, 0.1) is 10.5 Å². The first kappa shape index (κ1) is 14.7. The van der Waals surface area contributed by atoms with Gasteiger partial charge in [-0.2, -0.15) is 0 Å². The van der Waals surface area contributed by atoms with Crippen LogP contribution < -0.4 is 5.32 Å². The Kier molecular flexibility index (Phi) is 4.54. The molecule has 0 aliphatic heterocycles. The summed E-state index contributed by atoms with van der Waals surface area (Å²) in [7, 11) is 0. The lowest BCUT2D eigenvalue weighted by molar-refractivity contribution is -0.385. The van der Waals surface area contributed by atoms with Gasteiger partial charge in [-0.1, -0.05) is 25.7 Å². The normalized spacial score (nSPS) is 18.3. The maximum Gasteiger partial charge on any atom is 0.290 e. The molecule has 1 aliphatic rings. The third-order valence-electron chi connectivity index (χ3n) is 3.91. The van der Waals surface area contributed by atoms with Gasteiger partial charge in [0.1, 0.15) is 12.0 Å². The number of nitrogens with zero attached hydrogens (tertiary/aromatic N) is 2. The molecule has 6 nitrogen and oxygen atoms in total. The van der Waals surface area contributed by atoms with E-state index in [-0.39, 0.29) is 5.69 Å². The first-order valence-corrected chi connectivity index (χ1v) is 7.07. The standard InChI is InChI=1S/C14H21N3O3/c1-11-8-13(15-9-12(11)17(19)20)16-10-14(18)6-4-2-3-5-7-14/h8-9,18H,2-7,10H2,1H3,(H,15,16). The van der Waals surface area contributed by atoms with Crippen LogP contribution in [0, 0.1) is 17.0 Å². The van der Waals surface area contributed by atoms with E-state index in [2.05, 4.69) is 10.3 Å². The molecular formula is C14H21N3O3. The van der Waals surface area contributed by atoms with Crippen LogP contribution in [0.5, 0.6) is 0 Å². The molecule has 1 saturated carbocycles. The number of nitro groups is 1. The van der Waals surface area contributed by atoms with Crippen molar-refractivity contribution in [2.24, 2.45) is 0 Å². The number of aliphatic hydroxyl groups is 1. The first-order valence-electron chi connectivity index (χ1n) is 7.07. The zero-order chi connectivity index (χ0) is 14.6. The summed E-state index contributed by atoms with van der Waals surface area (Å²) in [6, 6.07) is 1.65. The van der Waals surface area contributed by atoms with Crippen LogP contribution in [-0.4, -0.2) is 27.2 Å². The summed E-state index contributed by atoms with van der Waals surface area (Å²) in [4.78, 5) is 14.3. The predicted molar refractivity (Wildman–Crippen MR) is 76.8 cm³/mol. The van der Waals surface area contributed by atoms with Crippen LogP contribution in [0.4, 0.5) is 11.5 Å². The number of aryl methyl sites for hydroxylation is 1. The quantitative estimate of drug-likeness (QED) is 0.502. The van der Waals surface area contributed by atoms with Crippen LogP contribution in [0.3, 0.4) is 0 Å². The van der Waals surface area contributed by atoms with Crippen molar-refractivity contribution in [1.29, 1.82) is 0 Å². The summed E-state index contributed by atoms with van der Waals surface area (Å²) < 4.78 is 0. The van der Waals surface area contributed by atoms with Crippen molar-refractivity contribution >= 4 is 11.5 Å². The number of rotatable bonds is 4. The minimum atomic E-state index is -0.687. The molecule has 0 radical (unpaired) electrons. The van der Waals surface area contributed by atoms with Gasteiger partial charge < -0.3 is 10.4 Å². The van der Waals surface area contributed by atoms with Gasteiger partial charge in [-0.05, 0) is 25.8 Å². The molecule has 0 aromatic carbocycles. The molecule has 0 amide bonds. The lowest BCUT2D eigenvalue weighted by Crippen LogP contribution is -2.36. The van der Waals surface area contributed by atoms with Gasteiger partial charge in [0.15, 0.2) is 0 Å². The Bertz CT molecular complexity index is 483. The van der Waals surface area contributed by atoms with Crippen molar-refractivity contribution in [3.05, 3.63) is 27.9 Å². The fourth-order valence-electron chi connectivity index (χ4n) is 2.66. The number of nitrogens with one attached hydrogen (secondary N) is 1. The summed E-state index contributed by atoms with van der Waals surface area (Å²) in [5, 5.41) is 24.4. The molecule has 110 valence electrons. The molecule has 0 saturated heterocycles. The topological polar surface area (TPSA) is 88.3 Å². The van der Waals surface area contributed by atoms with Gasteiger partial charge in [-0.3, -0.25) is 10.1 Å². The van der Waals surface area contributed by atoms with E-state index in [1.807, 2.05) is 0 Å². The molecule has 0 spiro atoms. The van der Waals surface area contributed by atoms with Crippen molar-refractivity contribution in [3.63, 3.8) is 0 Å². The highest BCUT2D eigenvalue weighted by Crippen LogP contribution is 2.27. The Hall–Kier alpha value is -1.69. The maximum absolute atomic E-state index is 10.7. The highest BCUT2D eigenvalue weighted by Gasteiger charge is 2.27. The third-order valence-corrected chi connectivity index (χ3v) is 3.91. The molecule has 1 aromatic rings. The van der Waals surface area contributed by atoms with Crippen molar-refractivity contribution in [2.45, 2.75) is 51.0 Å². The smallest absolute Gasteiger partial charge is 0.290 e. The van der Waals surface area contributed by atoms with Crippen molar-refractivity contribution in [3.8, 4) is 0 Å². The molecular weight excluding hydrogens is 258 g/mol. The molecule has 20 heavy (non-hydrogen) atoms. The summed E-state index contributed by atoms with van der Waals surface area (Å²) in [5.41, 5.74) is -0.0995. The average molecular weight is 279 g/mol. The van der Waals surface area contributed by atoms with Crippen LogP contribution in [0.25, 0.3) is 0 Å². The Balaban J connectivity index is 1.99. The van der Waals surface area contributed by atoms with Crippen LogP contribution in [0.2, 0.25) is 0 Å². The summed E-state index contributed by atoms with van der Waals surface area (Å²) in [5.74, 6) is 0.575. The summed E-state index contributed by atoms with van der Waals surface area (Å²) >= 11 is 0. The van der Waals surface area contributed by atoms with Crippen LogP contribution in [0.15, 0.2) is 12.3 Å². The Morgan fingerprint density at radius 1 is 1.40 bits per heavy atom. The molecule has 1 heterocycles. The Morgan fingerprint density at radius 2 is 2.05 bits per heavy atom. The largest absolute Gasteiger partial charge is 0.388 e. The van der Waals surface area contributed by atoms with E-state index in [0.717, 1.165) is 25.7 Å². The maximum atomic E-state index is 10.7. The third kappa shape index (κ3) is 3.66. The summed E-state index contributed by atoms with van der Waals surface area (Å²) in [6.07, 6.45) is 7.30. The second kappa shape index (κ2) is 6.17. The van der Waals surface area contributed by atoms with Crippen molar-refractivity contribution in [1.82, 2.24) is 4.98 Å². The molecule has 1 fully saturated rings. The molecule has 6 heteroatoms. The number of hydrogen-bond donors (Lipinski definition) is 2. The van der Waals surface area contributed by atoms with Crippen LogP contribution >= 0.6 is 0 Å². The number of aromatic nitrogens is 1. The van der Waals surface area contributed by atoms with Gasteiger partial charge in [0, 0.05) is 12.1 Å². The summed E-state index contributed by atoms with van der Waals surface area (Å²) in [6.45, 7) is 2.13. The van der Waals surface area contributed by atoms with E-state index < -0.39 is 10.5 Å². The van der Waals surface area contributed by atoms with Crippen LogP contribution in [-0.2, 0) is 0 Å². The first-order chi connectivity index (χ1) is 9.50. The highest BCUT2D eigenvalue weighted by atomic mass is 16.6. The molecule has 1 aromatic heterocycles. The van der Waals surface area contributed by atoms with E-state index in [0.29, 0.717) is 17.9 Å². The molecule has 0 unspecified atom stereocenters. The van der Waals surface area contributed by atoms with Gasteiger partial charge in [-0.25, -0.2) is 4.98 Å². The molecule has 2 rings (SSSR count). The monoisotopic (exact) mass is 279 g/mol. The minimum Gasteiger partial charge on any atom is -0.388 e. The Morgan fingerprint density at radius 3 is 2.60 bits per heavy atom. The zero-order valence-electron chi connectivity index (χ0n) is 11.8. The van der Waals surface area contributed by atoms with Gasteiger partial charge in [-0.15, -0.1) is 0 Å². The SMILES string of the molecule is Cc1cc(NCC2(O)CCCCCC2)ncc1[N+](=O)[O-]. The fourth-order valence-corrected chi connectivity index (χ4v) is 2.66. The van der Waals surface area contributed by atoms with E-state index in [4.69, 9.17) is 0 Å². The molecule has 0 bridgehead atoms. The van der Waals surface area contributed by atoms with Gasteiger partial charge in [0.2, 0.25) is 0 Å². The molecule has 1 aliphatic carbocycles. The minimum absolute atomic E-state index is 0.0173. The second-order valence-corrected chi connectivity index (χ2v) is 5.61. The fraction of sp³-hybridized carbons (Fsp3) is 0.643. The average Bonchev–Trinajstić information content (AvgIpc) is 2.61.